The lowest BCUT2D eigenvalue weighted by Gasteiger charge is -2.33. The van der Waals surface area contributed by atoms with Gasteiger partial charge in [-0.1, -0.05) is 26.2 Å². The fourth-order valence-electron chi connectivity index (χ4n) is 2.19. The van der Waals surface area contributed by atoms with E-state index in [0.717, 1.165) is 12.8 Å². The zero-order valence-electron chi connectivity index (χ0n) is 8.96. The van der Waals surface area contributed by atoms with Gasteiger partial charge in [0.1, 0.15) is 5.54 Å². The van der Waals surface area contributed by atoms with Crippen molar-refractivity contribution in [2.75, 3.05) is 0 Å². The molecule has 1 saturated carbocycles. The molecule has 0 aliphatic heterocycles. The normalized spacial score (nSPS) is 32.9. The van der Waals surface area contributed by atoms with Crippen molar-refractivity contribution in [1.29, 1.82) is 0 Å². The summed E-state index contributed by atoms with van der Waals surface area (Å²) in [5.41, 5.74) is 4.87. The Morgan fingerprint density at radius 1 is 1.50 bits per heavy atom. The Balaban J connectivity index is 2.34. The van der Waals surface area contributed by atoms with Gasteiger partial charge in [0.2, 0.25) is 0 Å². The van der Waals surface area contributed by atoms with E-state index in [1.54, 1.807) is 0 Å². The zero-order valence-corrected chi connectivity index (χ0v) is 8.96. The monoisotopic (exact) mass is 199 g/mol. The Morgan fingerprint density at radius 2 is 2.07 bits per heavy atom. The van der Waals surface area contributed by atoms with Crippen LogP contribution < -0.4 is 5.73 Å². The summed E-state index contributed by atoms with van der Waals surface area (Å²) in [7, 11) is 0. The average Bonchev–Trinajstić information content (AvgIpc) is 2.17. The van der Waals surface area contributed by atoms with Gasteiger partial charge in [0.25, 0.3) is 0 Å². The lowest BCUT2D eigenvalue weighted by molar-refractivity contribution is -0.145. The fraction of sp³-hybridized carbons (Fsp3) is 0.909. The molecule has 0 aromatic carbocycles. The van der Waals surface area contributed by atoms with Crippen LogP contribution in [0, 0.1) is 5.92 Å². The summed E-state index contributed by atoms with van der Waals surface area (Å²) < 4.78 is 0. The predicted octanol–water partition coefficient (Wildman–Crippen LogP) is 2.15. The third-order valence-electron chi connectivity index (χ3n) is 3.39. The second kappa shape index (κ2) is 4.78. The van der Waals surface area contributed by atoms with Crippen LogP contribution in [0.1, 0.15) is 51.9 Å². The third-order valence-corrected chi connectivity index (χ3v) is 3.39. The van der Waals surface area contributed by atoms with E-state index in [4.69, 9.17) is 10.8 Å². The lowest BCUT2D eigenvalue weighted by Crippen LogP contribution is -2.50. The molecule has 3 heteroatoms. The molecule has 1 aliphatic rings. The molecule has 0 spiro atoms. The van der Waals surface area contributed by atoms with Crippen LogP contribution in [0.2, 0.25) is 0 Å². The topological polar surface area (TPSA) is 63.3 Å². The molecule has 82 valence electrons. The Morgan fingerprint density at radius 3 is 2.50 bits per heavy atom. The van der Waals surface area contributed by atoms with Gasteiger partial charge in [-0.15, -0.1) is 0 Å². The van der Waals surface area contributed by atoms with E-state index in [9.17, 15) is 4.79 Å². The molecule has 1 rings (SSSR count). The molecule has 14 heavy (non-hydrogen) atoms. The highest BCUT2D eigenvalue weighted by Gasteiger charge is 2.37. The van der Waals surface area contributed by atoms with Crippen molar-refractivity contribution in [3.05, 3.63) is 0 Å². The van der Waals surface area contributed by atoms with E-state index in [1.165, 1.54) is 19.3 Å². The van der Waals surface area contributed by atoms with E-state index in [2.05, 4.69) is 6.92 Å². The summed E-state index contributed by atoms with van der Waals surface area (Å²) in [4.78, 5) is 10.9. The Hall–Kier alpha value is -0.570. The Kier molecular flexibility index (Phi) is 3.93. The van der Waals surface area contributed by atoms with Gasteiger partial charge in [0.05, 0.1) is 0 Å². The number of unbranched alkanes of at least 4 members (excludes halogenated alkanes) is 1. The molecule has 0 bridgehead atoms. The Bertz CT molecular complexity index is 195. The summed E-state index contributed by atoms with van der Waals surface area (Å²) in [5, 5.41) is 8.93. The molecule has 0 radical (unpaired) electrons. The van der Waals surface area contributed by atoms with Crippen LogP contribution in [-0.4, -0.2) is 16.6 Å². The predicted molar refractivity (Wildman–Crippen MR) is 56.0 cm³/mol. The standard InChI is InChI=1S/C11H21NO2/c1-2-3-4-9-5-7-11(12,8-6-9)10(13)14/h9H,2-8,12H2,1H3,(H,13,14). The molecule has 0 amide bonds. The third kappa shape index (κ3) is 2.71. The van der Waals surface area contributed by atoms with Crippen molar-refractivity contribution < 1.29 is 9.90 Å². The maximum absolute atomic E-state index is 10.9. The number of hydrogen-bond donors (Lipinski definition) is 2. The number of hydrogen-bond acceptors (Lipinski definition) is 2. The number of carbonyl (C=O) groups is 1. The summed E-state index contributed by atoms with van der Waals surface area (Å²) in [6.45, 7) is 2.19. The van der Waals surface area contributed by atoms with Gasteiger partial charge < -0.3 is 10.8 Å². The van der Waals surface area contributed by atoms with Gasteiger partial charge >= 0.3 is 5.97 Å². The minimum Gasteiger partial charge on any atom is -0.480 e. The summed E-state index contributed by atoms with van der Waals surface area (Å²) in [5.74, 6) is -0.114. The van der Waals surface area contributed by atoms with Gasteiger partial charge in [-0.25, -0.2) is 0 Å². The molecule has 3 nitrogen and oxygen atoms in total. The molecule has 1 fully saturated rings. The maximum Gasteiger partial charge on any atom is 0.323 e. The van der Waals surface area contributed by atoms with Crippen molar-refractivity contribution in [2.45, 2.75) is 57.4 Å². The first-order valence-electron chi connectivity index (χ1n) is 5.61. The molecule has 0 aromatic heterocycles. The number of rotatable bonds is 4. The van der Waals surface area contributed by atoms with Crippen molar-refractivity contribution in [2.24, 2.45) is 11.7 Å². The van der Waals surface area contributed by atoms with Crippen molar-refractivity contribution in [3.8, 4) is 0 Å². The van der Waals surface area contributed by atoms with Crippen LogP contribution in [0.25, 0.3) is 0 Å². The van der Waals surface area contributed by atoms with E-state index in [0.29, 0.717) is 18.8 Å². The highest BCUT2D eigenvalue weighted by molar-refractivity contribution is 5.78. The van der Waals surface area contributed by atoms with Crippen molar-refractivity contribution in [1.82, 2.24) is 0 Å². The van der Waals surface area contributed by atoms with Crippen LogP contribution in [0.5, 0.6) is 0 Å². The van der Waals surface area contributed by atoms with Crippen molar-refractivity contribution >= 4 is 5.97 Å². The molecule has 3 N–H and O–H groups in total. The minimum atomic E-state index is -0.928. The van der Waals surface area contributed by atoms with E-state index in [1.807, 2.05) is 0 Å². The quantitative estimate of drug-likeness (QED) is 0.729. The molecular weight excluding hydrogens is 178 g/mol. The molecule has 0 saturated heterocycles. The Labute approximate surface area is 85.7 Å². The van der Waals surface area contributed by atoms with Crippen molar-refractivity contribution in [3.63, 3.8) is 0 Å². The van der Waals surface area contributed by atoms with Gasteiger partial charge in [-0.05, 0) is 31.6 Å². The van der Waals surface area contributed by atoms with Gasteiger partial charge in [0, 0.05) is 0 Å². The minimum absolute atomic E-state index is 0.650. The second-order valence-electron chi connectivity index (χ2n) is 4.55. The summed E-state index contributed by atoms with van der Waals surface area (Å²) >= 11 is 0. The maximum atomic E-state index is 10.9. The number of aliphatic carboxylic acids is 1. The highest BCUT2D eigenvalue weighted by Crippen LogP contribution is 2.33. The first-order valence-corrected chi connectivity index (χ1v) is 5.61. The molecule has 1 aliphatic carbocycles. The van der Waals surface area contributed by atoms with Gasteiger partial charge in [-0.2, -0.15) is 0 Å². The molecule has 0 aromatic rings. The zero-order chi connectivity index (χ0) is 10.6. The van der Waals surface area contributed by atoms with Gasteiger partial charge in [-0.3, -0.25) is 4.79 Å². The van der Waals surface area contributed by atoms with Crippen LogP contribution in [0.3, 0.4) is 0 Å². The average molecular weight is 199 g/mol. The summed E-state index contributed by atoms with van der Waals surface area (Å²) in [6, 6.07) is 0. The van der Waals surface area contributed by atoms with Crippen LogP contribution >= 0.6 is 0 Å². The number of carboxylic acid groups (broad SMARTS) is 1. The molecular formula is C11H21NO2. The smallest absolute Gasteiger partial charge is 0.323 e. The molecule has 0 unspecified atom stereocenters. The van der Waals surface area contributed by atoms with Crippen LogP contribution in [0.15, 0.2) is 0 Å². The number of nitrogens with two attached hydrogens (primary N) is 1. The van der Waals surface area contributed by atoms with Crippen LogP contribution in [-0.2, 0) is 4.79 Å². The molecule has 0 heterocycles. The highest BCUT2D eigenvalue weighted by atomic mass is 16.4. The fourth-order valence-corrected chi connectivity index (χ4v) is 2.19. The first kappa shape index (κ1) is 11.5. The van der Waals surface area contributed by atoms with E-state index >= 15 is 0 Å². The summed E-state index contributed by atoms with van der Waals surface area (Å²) in [6.07, 6.45) is 7.00. The van der Waals surface area contributed by atoms with E-state index in [-0.39, 0.29) is 0 Å². The SMILES string of the molecule is CCCCC1CCC(N)(C(=O)O)CC1. The largest absolute Gasteiger partial charge is 0.480 e. The van der Waals surface area contributed by atoms with E-state index < -0.39 is 11.5 Å². The first-order chi connectivity index (χ1) is 6.58. The van der Waals surface area contributed by atoms with Crippen LogP contribution in [0.4, 0.5) is 0 Å². The molecule has 0 atom stereocenters. The number of carboxylic acids is 1. The second-order valence-corrected chi connectivity index (χ2v) is 4.55. The van der Waals surface area contributed by atoms with Gasteiger partial charge in [0.15, 0.2) is 0 Å². The lowest BCUT2D eigenvalue weighted by atomic mass is 9.75.